The van der Waals surface area contributed by atoms with Crippen LogP contribution < -0.4 is 4.31 Å². The number of anilines is 1. The standard InChI is InChI=1S/C11H10BrNOS/c1-2-5-13-10-6-8(12)3-4-9(10)11(14)7-15-13/h2-4,6H,1,5,7H2. The maximum Gasteiger partial charge on any atom is 0.176 e. The minimum Gasteiger partial charge on any atom is -0.311 e. The van der Waals surface area contributed by atoms with Crippen molar-refractivity contribution in [1.29, 1.82) is 0 Å². The normalized spacial score (nSPS) is 15.0. The zero-order chi connectivity index (χ0) is 10.8. The van der Waals surface area contributed by atoms with E-state index in [9.17, 15) is 4.79 Å². The lowest BCUT2D eigenvalue weighted by atomic mass is 10.1. The second-order valence-electron chi connectivity index (χ2n) is 3.21. The van der Waals surface area contributed by atoms with Crippen LogP contribution in [0, 0.1) is 0 Å². The van der Waals surface area contributed by atoms with Crippen molar-refractivity contribution in [2.45, 2.75) is 0 Å². The molecule has 2 rings (SSSR count). The van der Waals surface area contributed by atoms with Gasteiger partial charge < -0.3 is 4.31 Å². The fourth-order valence-corrected chi connectivity index (χ4v) is 2.78. The van der Waals surface area contributed by atoms with Gasteiger partial charge in [0, 0.05) is 16.6 Å². The minimum atomic E-state index is 0.197. The highest BCUT2D eigenvalue weighted by molar-refractivity contribution is 9.10. The summed E-state index contributed by atoms with van der Waals surface area (Å²) in [5, 5.41) is 0. The van der Waals surface area contributed by atoms with Crippen molar-refractivity contribution in [3.63, 3.8) is 0 Å². The summed E-state index contributed by atoms with van der Waals surface area (Å²) in [5.41, 5.74) is 1.78. The van der Waals surface area contributed by atoms with Crippen molar-refractivity contribution >= 4 is 39.3 Å². The number of halogens is 1. The van der Waals surface area contributed by atoms with Gasteiger partial charge in [-0.3, -0.25) is 4.79 Å². The van der Waals surface area contributed by atoms with E-state index in [0.717, 1.165) is 22.3 Å². The van der Waals surface area contributed by atoms with Crippen LogP contribution in [0.15, 0.2) is 35.3 Å². The SMILES string of the molecule is C=CCN1SCC(=O)c2ccc(Br)cc21. The highest BCUT2D eigenvalue weighted by Crippen LogP contribution is 2.34. The molecular formula is C11H10BrNOS. The second kappa shape index (κ2) is 4.41. The van der Waals surface area contributed by atoms with Gasteiger partial charge in [-0.05, 0) is 30.1 Å². The summed E-state index contributed by atoms with van der Waals surface area (Å²) in [6, 6.07) is 5.75. The van der Waals surface area contributed by atoms with Crippen LogP contribution in [-0.2, 0) is 0 Å². The largest absolute Gasteiger partial charge is 0.311 e. The Morgan fingerprint density at radius 1 is 1.60 bits per heavy atom. The van der Waals surface area contributed by atoms with Crippen molar-refractivity contribution in [3.8, 4) is 0 Å². The molecule has 0 N–H and O–H groups in total. The van der Waals surface area contributed by atoms with Gasteiger partial charge in [0.05, 0.1) is 11.4 Å². The first-order valence-electron chi connectivity index (χ1n) is 4.56. The van der Waals surface area contributed by atoms with Crippen LogP contribution in [0.2, 0.25) is 0 Å². The Kier molecular flexibility index (Phi) is 3.17. The van der Waals surface area contributed by atoms with Crippen molar-refractivity contribution in [1.82, 2.24) is 0 Å². The molecule has 0 amide bonds. The number of hydrogen-bond donors (Lipinski definition) is 0. The Hall–Kier alpha value is -0.740. The Balaban J connectivity index is 2.46. The number of rotatable bonds is 2. The molecule has 4 heteroatoms. The predicted molar refractivity (Wildman–Crippen MR) is 68.5 cm³/mol. The van der Waals surface area contributed by atoms with E-state index in [4.69, 9.17) is 0 Å². The lowest BCUT2D eigenvalue weighted by molar-refractivity contribution is 0.102. The van der Waals surface area contributed by atoms with E-state index in [1.54, 1.807) is 0 Å². The number of carbonyl (C=O) groups excluding carboxylic acids is 1. The van der Waals surface area contributed by atoms with Gasteiger partial charge in [-0.25, -0.2) is 0 Å². The average Bonchev–Trinajstić information content (AvgIpc) is 2.22. The molecular weight excluding hydrogens is 274 g/mol. The zero-order valence-electron chi connectivity index (χ0n) is 8.07. The fourth-order valence-electron chi connectivity index (χ4n) is 1.50. The van der Waals surface area contributed by atoms with Crippen LogP contribution in [0.3, 0.4) is 0 Å². The lowest BCUT2D eigenvalue weighted by Gasteiger charge is -2.28. The number of ketones is 1. The van der Waals surface area contributed by atoms with Crippen molar-refractivity contribution < 1.29 is 4.79 Å². The molecule has 0 fully saturated rings. The highest BCUT2D eigenvalue weighted by atomic mass is 79.9. The first-order valence-corrected chi connectivity index (χ1v) is 6.30. The Labute approximate surface area is 102 Å². The van der Waals surface area contributed by atoms with Gasteiger partial charge in [0.25, 0.3) is 0 Å². The molecule has 1 aromatic rings. The summed E-state index contributed by atoms with van der Waals surface area (Å²) in [5.74, 6) is 0.713. The Bertz CT molecular complexity index is 419. The molecule has 15 heavy (non-hydrogen) atoms. The van der Waals surface area contributed by atoms with Crippen molar-refractivity contribution in [2.75, 3.05) is 16.6 Å². The van der Waals surface area contributed by atoms with Gasteiger partial charge in [-0.2, -0.15) is 0 Å². The number of nitrogens with zero attached hydrogens (tertiary/aromatic N) is 1. The molecule has 0 saturated heterocycles. The van der Waals surface area contributed by atoms with Gasteiger partial charge in [-0.1, -0.05) is 22.0 Å². The molecule has 2 nitrogen and oxygen atoms in total. The van der Waals surface area contributed by atoms with E-state index in [1.165, 1.54) is 11.9 Å². The molecule has 1 heterocycles. The molecule has 0 bridgehead atoms. The average molecular weight is 284 g/mol. The monoisotopic (exact) mass is 283 g/mol. The number of benzene rings is 1. The van der Waals surface area contributed by atoms with E-state index in [-0.39, 0.29) is 5.78 Å². The van der Waals surface area contributed by atoms with E-state index in [2.05, 4.69) is 26.8 Å². The van der Waals surface area contributed by atoms with Crippen LogP contribution in [0.5, 0.6) is 0 Å². The van der Waals surface area contributed by atoms with Crippen LogP contribution in [-0.4, -0.2) is 18.1 Å². The predicted octanol–water partition coefficient (Wildman–Crippen LogP) is 3.29. The van der Waals surface area contributed by atoms with Crippen LogP contribution in [0.1, 0.15) is 10.4 Å². The Morgan fingerprint density at radius 2 is 2.40 bits per heavy atom. The molecule has 0 atom stereocenters. The topological polar surface area (TPSA) is 20.3 Å². The molecule has 1 aliphatic heterocycles. The summed E-state index contributed by atoms with van der Waals surface area (Å²) >= 11 is 4.95. The smallest absolute Gasteiger partial charge is 0.176 e. The number of carbonyl (C=O) groups is 1. The van der Waals surface area contributed by atoms with E-state index in [0.29, 0.717) is 5.75 Å². The van der Waals surface area contributed by atoms with Crippen LogP contribution in [0.25, 0.3) is 0 Å². The maximum atomic E-state index is 11.7. The number of fused-ring (bicyclic) bond motifs is 1. The van der Waals surface area contributed by atoms with Gasteiger partial charge in [0.15, 0.2) is 5.78 Å². The fraction of sp³-hybridized carbons (Fsp3) is 0.182. The van der Waals surface area contributed by atoms with Crippen LogP contribution >= 0.6 is 27.9 Å². The molecule has 0 aromatic heterocycles. The molecule has 78 valence electrons. The molecule has 1 aliphatic rings. The zero-order valence-corrected chi connectivity index (χ0v) is 10.5. The first kappa shape index (κ1) is 10.8. The number of Topliss-reactive ketones (excluding diaryl/α,β-unsaturated/α-hetero) is 1. The third-order valence-electron chi connectivity index (χ3n) is 2.18. The van der Waals surface area contributed by atoms with Crippen molar-refractivity contribution in [3.05, 3.63) is 40.9 Å². The molecule has 0 radical (unpaired) electrons. The molecule has 0 aliphatic carbocycles. The minimum absolute atomic E-state index is 0.197. The molecule has 1 aromatic carbocycles. The summed E-state index contributed by atoms with van der Waals surface area (Å²) < 4.78 is 3.08. The summed E-state index contributed by atoms with van der Waals surface area (Å²) in [4.78, 5) is 11.7. The third-order valence-corrected chi connectivity index (χ3v) is 3.72. The van der Waals surface area contributed by atoms with Crippen LogP contribution in [0.4, 0.5) is 5.69 Å². The van der Waals surface area contributed by atoms with Crippen molar-refractivity contribution in [2.24, 2.45) is 0 Å². The molecule has 0 spiro atoms. The third kappa shape index (κ3) is 2.11. The lowest BCUT2D eigenvalue weighted by Crippen LogP contribution is -2.25. The van der Waals surface area contributed by atoms with E-state index >= 15 is 0 Å². The summed E-state index contributed by atoms with van der Waals surface area (Å²) in [6.45, 7) is 4.47. The van der Waals surface area contributed by atoms with Gasteiger partial charge in [-0.15, -0.1) is 6.58 Å². The molecule has 0 saturated carbocycles. The molecule has 0 unspecified atom stereocenters. The quantitative estimate of drug-likeness (QED) is 0.614. The van der Waals surface area contributed by atoms with E-state index < -0.39 is 0 Å². The van der Waals surface area contributed by atoms with E-state index in [1.807, 2.05) is 24.3 Å². The maximum absolute atomic E-state index is 11.7. The summed E-state index contributed by atoms with van der Waals surface area (Å²) in [6.07, 6.45) is 1.84. The summed E-state index contributed by atoms with van der Waals surface area (Å²) in [7, 11) is 0. The van der Waals surface area contributed by atoms with Gasteiger partial charge in [0.2, 0.25) is 0 Å². The van der Waals surface area contributed by atoms with Gasteiger partial charge >= 0.3 is 0 Å². The second-order valence-corrected chi connectivity index (χ2v) is 5.11. The Morgan fingerprint density at radius 3 is 3.13 bits per heavy atom. The highest BCUT2D eigenvalue weighted by Gasteiger charge is 2.22. The number of hydrogen-bond acceptors (Lipinski definition) is 3. The first-order chi connectivity index (χ1) is 7.22. The van der Waals surface area contributed by atoms with Gasteiger partial charge in [0.1, 0.15) is 0 Å².